The van der Waals surface area contributed by atoms with Crippen LogP contribution in [0.4, 0.5) is 8.78 Å². The Morgan fingerprint density at radius 2 is 1.53 bits per heavy atom. The summed E-state index contributed by atoms with van der Waals surface area (Å²) in [6.07, 6.45) is 9.33. The third kappa shape index (κ3) is 10.2. The lowest BCUT2D eigenvalue weighted by Gasteiger charge is -2.14. The summed E-state index contributed by atoms with van der Waals surface area (Å²) in [6, 6.07) is 9.07. The Labute approximate surface area is 213 Å². The van der Waals surface area contributed by atoms with Gasteiger partial charge in [0, 0.05) is 16.5 Å². The first-order valence-electron chi connectivity index (χ1n) is 12.9. The van der Waals surface area contributed by atoms with E-state index < -0.39 is 11.6 Å². The average Bonchev–Trinajstić information content (AvgIpc) is 2.85. The zero-order valence-corrected chi connectivity index (χ0v) is 23.8. The standard InChI is InChI=1S/C25H30F2S.C4H10.C2H6/c1-6-9-10-21(20-12-11-17(4)25(15-20)28-13-7-2)18(5)22-14-19(8-3)23(26)16-24(22)27;1-3-4-2;1-2/h9-12,14-16H,6-8,13H2,1-5H3;3-4H2,1-2H3;1-2H3/b10-9-,21-18-;;. The third-order valence-electron chi connectivity index (χ3n) is 5.31. The second-order valence-corrected chi connectivity index (χ2v) is 9.09. The third-order valence-corrected chi connectivity index (χ3v) is 6.67. The van der Waals surface area contributed by atoms with Gasteiger partial charge in [-0.3, -0.25) is 0 Å². The van der Waals surface area contributed by atoms with Crippen molar-refractivity contribution >= 4 is 22.9 Å². The highest BCUT2D eigenvalue weighted by molar-refractivity contribution is 7.99. The number of unbranched alkanes of at least 4 members (excludes halogenated alkanes) is 1. The zero-order valence-electron chi connectivity index (χ0n) is 22.9. The zero-order chi connectivity index (χ0) is 26.1. The van der Waals surface area contributed by atoms with Gasteiger partial charge in [0.2, 0.25) is 0 Å². The Hall–Kier alpha value is -1.87. The molecule has 2 aromatic rings. The fourth-order valence-corrected chi connectivity index (χ4v) is 4.04. The normalized spacial score (nSPS) is 11.4. The molecule has 0 saturated carbocycles. The molecule has 0 nitrogen and oxygen atoms in total. The number of hydrogen-bond acceptors (Lipinski definition) is 1. The van der Waals surface area contributed by atoms with E-state index in [1.807, 2.05) is 39.5 Å². The van der Waals surface area contributed by atoms with Crippen molar-refractivity contribution < 1.29 is 8.78 Å². The maximum Gasteiger partial charge on any atom is 0.133 e. The van der Waals surface area contributed by atoms with Crippen molar-refractivity contribution in [2.75, 3.05) is 5.75 Å². The molecule has 0 heterocycles. The summed E-state index contributed by atoms with van der Waals surface area (Å²) < 4.78 is 28.6. The fourth-order valence-electron chi connectivity index (χ4n) is 3.11. The first-order valence-corrected chi connectivity index (χ1v) is 13.9. The molecule has 0 unspecified atom stereocenters. The highest BCUT2D eigenvalue weighted by atomic mass is 32.2. The smallest absolute Gasteiger partial charge is 0.133 e. The minimum absolute atomic E-state index is 0.470. The van der Waals surface area contributed by atoms with Crippen LogP contribution in [0, 0.1) is 18.6 Å². The monoisotopic (exact) mass is 488 g/mol. The van der Waals surface area contributed by atoms with Crippen molar-refractivity contribution in [1.29, 1.82) is 0 Å². The van der Waals surface area contributed by atoms with Crippen LogP contribution in [0.25, 0.3) is 11.1 Å². The van der Waals surface area contributed by atoms with Crippen molar-refractivity contribution in [2.45, 2.75) is 99.3 Å². The Bertz CT molecular complexity index is 908. The number of thioether (sulfide) groups is 1. The predicted octanol–water partition coefficient (Wildman–Crippen LogP) is 11.1. The lowest BCUT2D eigenvalue weighted by atomic mass is 9.93. The average molecular weight is 489 g/mol. The Morgan fingerprint density at radius 3 is 2.06 bits per heavy atom. The SMILES string of the molecule is CC.CC/C=C\C(=C(/C)c1cc(CC)c(F)cc1F)c1ccc(C)c(SCCC)c1.CCCC. The number of allylic oxidation sites excluding steroid dienone is 4. The van der Waals surface area contributed by atoms with Crippen LogP contribution in [-0.2, 0) is 6.42 Å². The molecule has 0 radical (unpaired) electrons. The molecule has 0 atom stereocenters. The van der Waals surface area contributed by atoms with Crippen LogP contribution in [0.3, 0.4) is 0 Å². The highest BCUT2D eigenvalue weighted by Crippen LogP contribution is 2.33. The minimum Gasteiger partial charge on any atom is -0.207 e. The van der Waals surface area contributed by atoms with Gasteiger partial charge in [-0.25, -0.2) is 8.78 Å². The van der Waals surface area contributed by atoms with Crippen LogP contribution in [0.1, 0.15) is 103 Å². The molecule has 0 aliphatic heterocycles. The number of halogens is 2. The number of benzene rings is 2. The van der Waals surface area contributed by atoms with Gasteiger partial charge >= 0.3 is 0 Å². The predicted molar refractivity (Wildman–Crippen MR) is 152 cm³/mol. The molecule has 0 aromatic heterocycles. The van der Waals surface area contributed by atoms with Crippen molar-refractivity contribution in [2.24, 2.45) is 0 Å². The van der Waals surface area contributed by atoms with Gasteiger partial charge in [-0.2, -0.15) is 0 Å². The summed E-state index contributed by atoms with van der Waals surface area (Å²) in [6.45, 7) is 18.5. The largest absolute Gasteiger partial charge is 0.207 e. The minimum atomic E-state index is -0.512. The summed E-state index contributed by atoms with van der Waals surface area (Å²) in [5.41, 5.74) is 5.13. The van der Waals surface area contributed by atoms with Gasteiger partial charge in [0.25, 0.3) is 0 Å². The maximum atomic E-state index is 14.6. The molecule has 2 aromatic carbocycles. The molecule has 0 bridgehead atoms. The van der Waals surface area contributed by atoms with Crippen LogP contribution in [0.15, 0.2) is 47.4 Å². The van der Waals surface area contributed by atoms with Gasteiger partial charge in [0.1, 0.15) is 11.6 Å². The summed E-state index contributed by atoms with van der Waals surface area (Å²) in [5, 5.41) is 0. The molecule has 34 heavy (non-hydrogen) atoms. The topological polar surface area (TPSA) is 0 Å². The van der Waals surface area contributed by atoms with Gasteiger partial charge in [-0.15, -0.1) is 11.8 Å². The van der Waals surface area contributed by atoms with Gasteiger partial charge in [-0.05, 0) is 78.8 Å². The summed E-state index contributed by atoms with van der Waals surface area (Å²) in [7, 11) is 0. The fraction of sp³-hybridized carbons (Fsp3) is 0.484. The van der Waals surface area contributed by atoms with Crippen molar-refractivity contribution in [3.63, 3.8) is 0 Å². The van der Waals surface area contributed by atoms with Gasteiger partial charge in [0.15, 0.2) is 0 Å². The molecule has 0 saturated heterocycles. The first-order chi connectivity index (χ1) is 16.3. The van der Waals surface area contributed by atoms with Gasteiger partial charge in [-0.1, -0.05) is 85.6 Å². The van der Waals surface area contributed by atoms with Crippen LogP contribution in [0.2, 0.25) is 0 Å². The van der Waals surface area contributed by atoms with Crippen molar-refractivity contribution in [1.82, 2.24) is 0 Å². The van der Waals surface area contributed by atoms with Crippen LogP contribution in [0.5, 0.6) is 0 Å². The van der Waals surface area contributed by atoms with E-state index in [0.717, 1.165) is 41.4 Å². The Morgan fingerprint density at radius 1 is 0.882 bits per heavy atom. The molecule has 0 amide bonds. The first kappa shape index (κ1) is 32.1. The molecule has 0 fully saturated rings. The Kier molecular flexibility index (Phi) is 17.4. The molecule has 0 N–H and O–H groups in total. The molecule has 0 aliphatic rings. The number of rotatable bonds is 9. The van der Waals surface area contributed by atoms with E-state index in [2.05, 4.69) is 65.0 Å². The maximum absolute atomic E-state index is 14.6. The molecule has 2 rings (SSSR count). The van der Waals surface area contributed by atoms with Gasteiger partial charge < -0.3 is 0 Å². The lowest BCUT2D eigenvalue weighted by Crippen LogP contribution is -1.97. The number of aryl methyl sites for hydroxylation is 2. The second kappa shape index (κ2) is 18.5. The van der Waals surface area contributed by atoms with E-state index in [1.165, 1.54) is 23.3 Å². The van der Waals surface area contributed by atoms with E-state index in [1.54, 1.807) is 6.07 Å². The molecule has 0 spiro atoms. The molecule has 190 valence electrons. The van der Waals surface area contributed by atoms with E-state index >= 15 is 0 Å². The summed E-state index contributed by atoms with van der Waals surface area (Å²) in [4.78, 5) is 1.25. The quantitative estimate of drug-likeness (QED) is 0.192. The van der Waals surface area contributed by atoms with Crippen LogP contribution < -0.4 is 0 Å². The summed E-state index contributed by atoms with van der Waals surface area (Å²) in [5.74, 6) is 0.0811. The lowest BCUT2D eigenvalue weighted by molar-refractivity contribution is 0.571. The molecular weight excluding hydrogens is 442 g/mol. The van der Waals surface area contributed by atoms with Crippen molar-refractivity contribution in [3.05, 3.63) is 76.4 Å². The van der Waals surface area contributed by atoms with E-state index in [0.29, 0.717) is 17.5 Å². The molecule has 0 aliphatic carbocycles. The van der Waals surface area contributed by atoms with E-state index in [-0.39, 0.29) is 0 Å². The second-order valence-electron chi connectivity index (χ2n) is 7.96. The molecule has 3 heteroatoms. The van der Waals surface area contributed by atoms with Gasteiger partial charge in [0.05, 0.1) is 0 Å². The highest BCUT2D eigenvalue weighted by Gasteiger charge is 2.14. The molecular formula is C31H46F2S. The van der Waals surface area contributed by atoms with E-state index in [9.17, 15) is 8.78 Å². The van der Waals surface area contributed by atoms with Crippen LogP contribution >= 0.6 is 11.8 Å². The van der Waals surface area contributed by atoms with E-state index in [4.69, 9.17) is 0 Å². The van der Waals surface area contributed by atoms with Crippen LogP contribution in [-0.4, -0.2) is 5.75 Å². The summed E-state index contributed by atoms with van der Waals surface area (Å²) >= 11 is 1.85. The van der Waals surface area contributed by atoms with Crippen molar-refractivity contribution in [3.8, 4) is 0 Å². The Balaban J connectivity index is 0.00000164. The number of hydrogen-bond donors (Lipinski definition) is 0.